The Labute approximate surface area is 166 Å². The SMILES string of the molecule is COc1cc(C[C@H](C(=O)Nc2cccc3ccccc23)c2nn[nH]n2)ccc1O. The van der Waals surface area contributed by atoms with Crippen molar-refractivity contribution in [1.82, 2.24) is 20.6 Å². The number of methoxy groups -OCH3 is 1. The quantitative estimate of drug-likeness (QED) is 0.467. The van der Waals surface area contributed by atoms with E-state index in [1.54, 1.807) is 12.1 Å². The van der Waals surface area contributed by atoms with E-state index < -0.39 is 5.92 Å². The molecule has 1 aromatic heterocycles. The third kappa shape index (κ3) is 3.86. The van der Waals surface area contributed by atoms with Crippen LogP contribution >= 0.6 is 0 Å². The summed E-state index contributed by atoms with van der Waals surface area (Å²) in [6, 6.07) is 18.5. The molecule has 4 rings (SSSR count). The van der Waals surface area contributed by atoms with E-state index in [-0.39, 0.29) is 17.5 Å². The zero-order valence-electron chi connectivity index (χ0n) is 15.7. The topological polar surface area (TPSA) is 113 Å². The number of amides is 1. The van der Waals surface area contributed by atoms with E-state index in [0.29, 0.717) is 17.9 Å². The van der Waals surface area contributed by atoms with Gasteiger partial charge in [-0.3, -0.25) is 4.79 Å². The summed E-state index contributed by atoms with van der Waals surface area (Å²) in [5.74, 6) is -0.275. The fourth-order valence-electron chi connectivity index (χ4n) is 3.26. The standard InChI is InChI=1S/C21H19N5O3/c1-29-19-12-13(9-10-18(19)27)11-16(20-23-25-26-24-20)21(28)22-17-8-4-6-14-5-2-3-7-15(14)17/h2-10,12,16,27H,11H2,1H3,(H,22,28)(H,23,24,25,26)/t16-/m0/s1. The van der Waals surface area contributed by atoms with E-state index in [4.69, 9.17) is 4.74 Å². The van der Waals surface area contributed by atoms with Crippen molar-refractivity contribution in [3.8, 4) is 11.5 Å². The predicted molar refractivity (Wildman–Crippen MR) is 108 cm³/mol. The van der Waals surface area contributed by atoms with Crippen LogP contribution in [-0.4, -0.2) is 38.7 Å². The number of carbonyl (C=O) groups is 1. The van der Waals surface area contributed by atoms with Gasteiger partial charge in [0.15, 0.2) is 17.3 Å². The highest BCUT2D eigenvalue weighted by atomic mass is 16.5. The average molecular weight is 389 g/mol. The summed E-state index contributed by atoms with van der Waals surface area (Å²) in [7, 11) is 1.47. The van der Waals surface area contributed by atoms with E-state index in [1.807, 2.05) is 42.5 Å². The van der Waals surface area contributed by atoms with Crippen LogP contribution in [-0.2, 0) is 11.2 Å². The van der Waals surface area contributed by atoms with Crippen LogP contribution in [0.25, 0.3) is 10.8 Å². The molecular weight excluding hydrogens is 370 g/mol. The molecule has 8 nitrogen and oxygen atoms in total. The molecule has 8 heteroatoms. The molecule has 0 aliphatic rings. The Bertz CT molecular complexity index is 1140. The number of nitrogens with one attached hydrogen (secondary N) is 2. The predicted octanol–water partition coefficient (Wildman–Crippen LogP) is 3.03. The van der Waals surface area contributed by atoms with Crippen LogP contribution in [0.5, 0.6) is 11.5 Å². The number of aromatic amines is 1. The lowest BCUT2D eigenvalue weighted by Gasteiger charge is -2.16. The number of benzene rings is 3. The monoisotopic (exact) mass is 389 g/mol. The van der Waals surface area contributed by atoms with Crippen molar-refractivity contribution < 1.29 is 14.6 Å². The number of nitrogens with zero attached hydrogens (tertiary/aromatic N) is 3. The average Bonchev–Trinajstić information content (AvgIpc) is 3.28. The van der Waals surface area contributed by atoms with Crippen molar-refractivity contribution >= 4 is 22.4 Å². The Morgan fingerprint density at radius 1 is 1.17 bits per heavy atom. The van der Waals surface area contributed by atoms with Gasteiger partial charge >= 0.3 is 0 Å². The molecule has 1 amide bonds. The first kappa shape index (κ1) is 18.4. The van der Waals surface area contributed by atoms with Crippen molar-refractivity contribution in [3.63, 3.8) is 0 Å². The zero-order valence-corrected chi connectivity index (χ0v) is 15.7. The molecule has 3 N–H and O–H groups in total. The summed E-state index contributed by atoms with van der Waals surface area (Å²) in [6.45, 7) is 0. The molecule has 0 bridgehead atoms. The number of phenolic OH excluding ortho intramolecular Hbond substituents is 1. The van der Waals surface area contributed by atoms with Gasteiger partial charge in [0, 0.05) is 11.1 Å². The van der Waals surface area contributed by atoms with E-state index in [1.165, 1.54) is 13.2 Å². The van der Waals surface area contributed by atoms with Gasteiger partial charge in [0.05, 0.1) is 7.11 Å². The van der Waals surface area contributed by atoms with Crippen molar-refractivity contribution in [3.05, 3.63) is 72.1 Å². The first-order valence-electron chi connectivity index (χ1n) is 9.03. The number of rotatable bonds is 6. The normalized spacial score (nSPS) is 11.9. The summed E-state index contributed by atoms with van der Waals surface area (Å²) >= 11 is 0. The molecule has 3 aromatic carbocycles. The van der Waals surface area contributed by atoms with Gasteiger partial charge in [-0.15, -0.1) is 10.2 Å². The Morgan fingerprint density at radius 3 is 2.79 bits per heavy atom. The van der Waals surface area contributed by atoms with E-state index in [0.717, 1.165) is 16.3 Å². The van der Waals surface area contributed by atoms with Gasteiger partial charge in [0.1, 0.15) is 5.92 Å². The molecule has 0 radical (unpaired) electrons. The van der Waals surface area contributed by atoms with Crippen molar-refractivity contribution in [2.75, 3.05) is 12.4 Å². The molecule has 0 saturated carbocycles. The fourth-order valence-corrected chi connectivity index (χ4v) is 3.26. The minimum absolute atomic E-state index is 0.0348. The molecule has 1 atom stereocenters. The summed E-state index contributed by atoms with van der Waals surface area (Å²) in [4.78, 5) is 13.2. The summed E-state index contributed by atoms with van der Waals surface area (Å²) in [6.07, 6.45) is 0.312. The van der Waals surface area contributed by atoms with Crippen LogP contribution < -0.4 is 10.1 Å². The lowest BCUT2D eigenvalue weighted by atomic mass is 9.97. The molecule has 0 aliphatic heterocycles. The smallest absolute Gasteiger partial charge is 0.235 e. The number of carbonyl (C=O) groups excluding carboxylic acids is 1. The molecule has 0 unspecified atom stereocenters. The van der Waals surface area contributed by atoms with Crippen LogP contribution in [0.3, 0.4) is 0 Å². The Morgan fingerprint density at radius 2 is 2.00 bits per heavy atom. The summed E-state index contributed by atoms with van der Waals surface area (Å²) < 4.78 is 5.16. The second-order valence-corrected chi connectivity index (χ2v) is 6.55. The number of phenols is 1. The molecule has 0 saturated heterocycles. The number of H-pyrrole nitrogens is 1. The lowest BCUT2D eigenvalue weighted by molar-refractivity contribution is -0.117. The Balaban J connectivity index is 1.64. The minimum Gasteiger partial charge on any atom is -0.504 e. The molecule has 4 aromatic rings. The van der Waals surface area contributed by atoms with Crippen LogP contribution in [0.1, 0.15) is 17.3 Å². The fraction of sp³-hybridized carbons (Fsp3) is 0.143. The number of hydrogen-bond acceptors (Lipinski definition) is 6. The van der Waals surface area contributed by atoms with E-state index in [2.05, 4.69) is 25.9 Å². The van der Waals surface area contributed by atoms with Crippen LogP contribution in [0.4, 0.5) is 5.69 Å². The highest BCUT2D eigenvalue weighted by Gasteiger charge is 2.26. The van der Waals surface area contributed by atoms with Crippen molar-refractivity contribution in [2.24, 2.45) is 0 Å². The summed E-state index contributed by atoms with van der Waals surface area (Å²) in [5, 5.41) is 28.8. The minimum atomic E-state index is -0.679. The van der Waals surface area contributed by atoms with E-state index in [9.17, 15) is 9.90 Å². The van der Waals surface area contributed by atoms with Crippen molar-refractivity contribution in [2.45, 2.75) is 12.3 Å². The molecule has 0 fully saturated rings. The number of ether oxygens (including phenoxy) is 1. The number of tetrazole rings is 1. The third-order valence-electron chi connectivity index (χ3n) is 4.72. The Hall–Kier alpha value is -3.94. The highest BCUT2D eigenvalue weighted by molar-refractivity contribution is 6.04. The van der Waals surface area contributed by atoms with E-state index >= 15 is 0 Å². The maximum atomic E-state index is 13.2. The number of anilines is 1. The van der Waals surface area contributed by atoms with Gasteiger partial charge in [-0.2, -0.15) is 5.21 Å². The zero-order chi connectivity index (χ0) is 20.2. The largest absolute Gasteiger partial charge is 0.504 e. The van der Waals surface area contributed by atoms with Gasteiger partial charge in [-0.1, -0.05) is 47.7 Å². The number of aromatic nitrogens is 4. The lowest BCUT2D eigenvalue weighted by Crippen LogP contribution is -2.24. The first-order valence-corrected chi connectivity index (χ1v) is 9.03. The second-order valence-electron chi connectivity index (χ2n) is 6.55. The van der Waals surface area contributed by atoms with Gasteiger partial charge in [-0.05, 0) is 35.6 Å². The number of aromatic hydroxyl groups is 1. The maximum Gasteiger partial charge on any atom is 0.235 e. The molecule has 146 valence electrons. The van der Waals surface area contributed by atoms with Crippen molar-refractivity contribution in [1.29, 1.82) is 0 Å². The van der Waals surface area contributed by atoms with Gasteiger partial charge < -0.3 is 15.2 Å². The molecule has 29 heavy (non-hydrogen) atoms. The molecular formula is C21H19N5O3. The number of fused-ring (bicyclic) bond motifs is 1. The van der Waals surface area contributed by atoms with Gasteiger partial charge in [0.25, 0.3) is 0 Å². The third-order valence-corrected chi connectivity index (χ3v) is 4.72. The molecule has 1 heterocycles. The van der Waals surface area contributed by atoms with Crippen LogP contribution in [0, 0.1) is 0 Å². The molecule has 0 spiro atoms. The van der Waals surface area contributed by atoms with Crippen LogP contribution in [0.15, 0.2) is 60.7 Å². The summed E-state index contributed by atoms with van der Waals surface area (Å²) in [5.41, 5.74) is 1.51. The second kappa shape index (κ2) is 7.97. The Kier molecular flexibility index (Phi) is 5.07. The maximum absolute atomic E-state index is 13.2. The van der Waals surface area contributed by atoms with Gasteiger partial charge in [-0.25, -0.2) is 0 Å². The van der Waals surface area contributed by atoms with Gasteiger partial charge in [0.2, 0.25) is 5.91 Å². The highest BCUT2D eigenvalue weighted by Crippen LogP contribution is 2.30. The molecule has 0 aliphatic carbocycles. The number of hydrogen-bond donors (Lipinski definition) is 3. The van der Waals surface area contributed by atoms with Crippen LogP contribution in [0.2, 0.25) is 0 Å². The first-order chi connectivity index (χ1) is 14.2.